The van der Waals surface area contributed by atoms with Gasteiger partial charge in [-0.3, -0.25) is 9.52 Å². The van der Waals surface area contributed by atoms with E-state index in [1.165, 1.54) is 43.3 Å². The van der Waals surface area contributed by atoms with Crippen LogP contribution in [0.3, 0.4) is 0 Å². The van der Waals surface area contributed by atoms with Crippen LogP contribution in [0.4, 0.5) is 5.69 Å². The van der Waals surface area contributed by atoms with Crippen molar-refractivity contribution in [2.24, 2.45) is 0 Å². The van der Waals surface area contributed by atoms with Crippen molar-refractivity contribution in [2.45, 2.75) is 28.4 Å². The van der Waals surface area contributed by atoms with Crippen molar-refractivity contribution in [3.8, 4) is 0 Å². The monoisotopic (exact) mass is 457 g/mol. The molecule has 1 heterocycles. The molecule has 29 heavy (non-hydrogen) atoms. The molecule has 0 spiro atoms. The Balaban J connectivity index is 1.92. The number of anilines is 1. The molecular weight excluding hydrogens is 438 g/mol. The molecule has 0 bridgehead atoms. The molecule has 2 aromatic rings. The van der Waals surface area contributed by atoms with Crippen LogP contribution in [0.1, 0.15) is 23.7 Å². The first kappa shape index (κ1) is 21.5. The summed E-state index contributed by atoms with van der Waals surface area (Å²) in [6.45, 7) is 1.35. The molecule has 0 unspecified atom stereocenters. The van der Waals surface area contributed by atoms with Crippen LogP contribution in [-0.4, -0.2) is 47.8 Å². The number of hydrogen-bond donors (Lipinski definition) is 1. The van der Waals surface area contributed by atoms with Crippen molar-refractivity contribution < 1.29 is 30.0 Å². The molecule has 1 saturated heterocycles. The Morgan fingerprint density at radius 1 is 1.00 bits per heavy atom. The van der Waals surface area contributed by atoms with Gasteiger partial charge in [-0.2, -0.15) is 0 Å². The van der Waals surface area contributed by atoms with Gasteiger partial charge in [0.25, 0.3) is 10.0 Å². The van der Waals surface area contributed by atoms with Gasteiger partial charge < -0.3 is 0 Å². The molecule has 0 radical (unpaired) electrons. The maximum atomic E-state index is 12.8. The molecule has 8 nitrogen and oxygen atoms in total. The van der Waals surface area contributed by atoms with E-state index in [2.05, 4.69) is 4.72 Å². The van der Waals surface area contributed by atoms with Gasteiger partial charge >= 0.3 is 0 Å². The molecule has 0 amide bonds. The second kappa shape index (κ2) is 7.54. The topological polar surface area (TPSA) is 132 Å². The van der Waals surface area contributed by atoms with Crippen molar-refractivity contribution in [3.63, 3.8) is 0 Å². The lowest BCUT2D eigenvalue weighted by Gasteiger charge is -2.13. The number of carbonyl (C=O) groups excluding carboxylic acids is 1. The van der Waals surface area contributed by atoms with Crippen LogP contribution in [0.5, 0.6) is 0 Å². The summed E-state index contributed by atoms with van der Waals surface area (Å²) in [4.78, 5) is 10.9. The summed E-state index contributed by atoms with van der Waals surface area (Å²) in [5.41, 5.74) is 0.483. The highest BCUT2D eigenvalue weighted by molar-refractivity contribution is 7.96. The molecular formula is C18H19NO7S3. The average molecular weight is 458 g/mol. The summed E-state index contributed by atoms with van der Waals surface area (Å²) in [7, 11) is -11.5. The number of nitrogens with one attached hydrogen (secondary N) is 1. The van der Waals surface area contributed by atoms with Gasteiger partial charge in [0.1, 0.15) is 0 Å². The minimum Gasteiger partial charge on any atom is -0.295 e. The van der Waals surface area contributed by atoms with E-state index in [4.69, 9.17) is 0 Å². The first-order valence-electron chi connectivity index (χ1n) is 8.59. The number of carbonyl (C=O) groups is 1. The molecule has 0 aromatic heterocycles. The van der Waals surface area contributed by atoms with E-state index in [0.717, 1.165) is 6.07 Å². The second-order valence-electron chi connectivity index (χ2n) is 6.79. The van der Waals surface area contributed by atoms with E-state index in [9.17, 15) is 30.0 Å². The zero-order valence-corrected chi connectivity index (χ0v) is 17.8. The van der Waals surface area contributed by atoms with Crippen molar-refractivity contribution in [1.82, 2.24) is 0 Å². The van der Waals surface area contributed by atoms with Crippen molar-refractivity contribution in [2.75, 3.05) is 16.2 Å². The van der Waals surface area contributed by atoms with E-state index < -0.39 is 40.7 Å². The fourth-order valence-corrected chi connectivity index (χ4v) is 8.61. The van der Waals surface area contributed by atoms with E-state index in [-0.39, 0.29) is 33.4 Å². The molecule has 0 aliphatic carbocycles. The zero-order chi connectivity index (χ0) is 21.4. The summed E-state index contributed by atoms with van der Waals surface area (Å²) >= 11 is 0. The first-order valence-corrected chi connectivity index (χ1v) is 13.4. The molecule has 1 atom stereocenters. The molecule has 1 fully saturated rings. The Kier molecular flexibility index (Phi) is 5.58. The summed E-state index contributed by atoms with van der Waals surface area (Å²) in [5, 5.41) is -1.09. The summed E-state index contributed by atoms with van der Waals surface area (Å²) in [6, 6.07) is 10.7. The van der Waals surface area contributed by atoms with E-state index in [1.807, 2.05) is 0 Å². The van der Waals surface area contributed by atoms with Crippen LogP contribution in [0.2, 0.25) is 0 Å². The normalized spacial score (nSPS) is 19.0. The molecule has 0 saturated carbocycles. The van der Waals surface area contributed by atoms with Crippen LogP contribution in [0, 0.1) is 0 Å². The van der Waals surface area contributed by atoms with Crippen LogP contribution < -0.4 is 4.72 Å². The number of benzene rings is 2. The summed E-state index contributed by atoms with van der Waals surface area (Å²) < 4.78 is 76.5. The quantitative estimate of drug-likeness (QED) is 0.652. The average Bonchev–Trinajstić information content (AvgIpc) is 3.02. The lowest BCUT2D eigenvalue weighted by Crippen LogP contribution is -2.23. The SMILES string of the molecule is CC(=O)c1cccc(NS(=O)(=O)c2cccc(S(=O)(=O)[C@H]3CCS(=O)(=O)C3)c2)c1. The van der Waals surface area contributed by atoms with E-state index >= 15 is 0 Å². The molecule has 1 aliphatic rings. The minimum absolute atomic E-state index is 0.0161. The van der Waals surface area contributed by atoms with Gasteiger partial charge in [-0.1, -0.05) is 18.2 Å². The van der Waals surface area contributed by atoms with Crippen molar-refractivity contribution in [1.29, 1.82) is 0 Å². The fourth-order valence-electron chi connectivity index (χ4n) is 3.03. The smallest absolute Gasteiger partial charge is 0.261 e. The third-order valence-corrected chi connectivity index (χ3v) is 10.1. The number of sulfone groups is 2. The minimum atomic E-state index is -4.13. The third-order valence-electron chi connectivity index (χ3n) is 4.60. The van der Waals surface area contributed by atoms with Crippen molar-refractivity contribution in [3.05, 3.63) is 54.1 Å². The number of hydrogen-bond acceptors (Lipinski definition) is 7. The summed E-state index contributed by atoms with van der Waals surface area (Å²) in [6.07, 6.45) is -0.0161. The lowest BCUT2D eigenvalue weighted by atomic mass is 10.1. The Labute approximate surface area is 169 Å². The van der Waals surface area contributed by atoms with Crippen LogP contribution >= 0.6 is 0 Å². The van der Waals surface area contributed by atoms with Gasteiger partial charge in [0.2, 0.25) is 0 Å². The van der Waals surface area contributed by atoms with Gasteiger partial charge in [-0.15, -0.1) is 0 Å². The lowest BCUT2D eigenvalue weighted by molar-refractivity contribution is 0.101. The maximum Gasteiger partial charge on any atom is 0.261 e. The molecule has 3 rings (SSSR count). The highest BCUT2D eigenvalue weighted by Gasteiger charge is 2.38. The highest BCUT2D eigenvalue weighted by atomic mass is 32.2. The van der Waals surface area contributed by atoms with Crippen LogP contribution in [0.25, 0.3) is 0 Å². The zero-order valence-electron chi connectivity index (χ0n) is 15.4. The van der Waals surface area contributed by atoms with Gasteiger partial charge in [-0.25, -0.2) is 25.3 Å². The van der Waals surface area contributed by atoms with Gasteiger partial charge in [0.05, 0.1) is 26.5 Å². The Morgan fingerprint density at radius 2 is 1.66 bits per heavy atom. The predicted molar refractivity (Wildman–Crippen MR) is 108 cm³/mol. The largest absolute Gasteiger partial charge is 0.295 e. The van der Waals surface area contributed by atoms with Gasteiger partial charge in [0.15, 0.2) is 25.5 Å². The number of ketones is 1. The predicted octanol–water partition coefficient (Wildman–Crippen LogP) is 1.65. The van der Waals surface area contributed by atoms with E-state index in [1.54, 1.807) is 6.07 Å². The highest BCUT2D eigenvalue weighted by Crippen LogP contribution is 2.27. The standard InChI is InChI=1S/C18H19NO7S3/c1-13(20)14-4-2-5-15(10-14)19-29(25,26)17-7-3-6-16(11-17)28(23,24)18-8-9-27(21,22)12-18/h2-7,10-11,18-19H,8-9,12H2,1H3/t18-/m0/s1. The molecule has 11 heteroatoms. The van der Waals surface area contributed by atoms with Crippen molar-refractivity contribution >= 4 is 41.2 Å². The van der Waals surface area contributed by atoms with Crippen LogP contribution in [-0.2, 0) is 29.7 Å². The van der Waals surface area contributed by atoms with Gasteiger partial charge in [0, 0.05) is 11.3 Å². The summed E-state index contributed by atoms with van der Waals surface area (Å²) in [5.74, 6) is -0.906. The van der Waals surface area contributed by atoms with Crippen LogP contribution in [0.15, 0.2) is 58.3 Å². The van der Waals surface area contributed by atoms with Gasteiger partial charge in [-0.05, 0) is 43.7 Å². The second-order valence-corrected chi connectivity index (χ2v) is 12.9. The Hall–Kier alpha value is -2.24. The van der Waals surface area contributed by atoms with E-state index in [0.29, 0.717) is 5.56 Å². The third kappa shape index (κ3) is 4.68. The molecule has 2 aromatic carbocycles. The molecule has 1 aliphatic heterocycles. The molecule has 1 N–H and O–H groups in total. The Bertz CT molecular complexity index is 1280. The maximum absolute atomic E-state index is 12.8. The Morgan fingerprint density at radius 3 is 2.28 bits per heavy atom. The number of sulfonamides is 1. The number of rotatable bonds is 6. The molecule has 156 valence electrons. The fraction of sp³-hybridized carbons (Fsp3) is 0.278. The first-order chi connectivity index (χ1) is 13.4. The number of Topliss-reactive ketones (excluding diaryl/α,β-unsaturated/α-hetero) is 1.